The lowest BCUT2D eigenvalue weighted by molar-refractivity contribution is -0.120. The second-order valence-corrected chi connectivity index (χ2v) is 4.83. The van der Waals surface area contributed by atoms with Crippen LogP contribution in [0, 0.1) is 0 Å². The lowest BCUT2D eigenvalue weighted by Gasteiger charge is -2.25. The Morgan fingerprint density at radius 2 is 2.32 bits per heavy atom. The molecule has 0 radical (unpaired) electrons. The van der Waals surface area contributed by atoms with Gasteiger partial charge in [0, 0.05) is 20.1 Å². The van der Waals surface area contributed by atoms with E-state index in [0.29, 0.717) is 18.8 Å². The fraction of sp³-hybridized carbons (Fsp3) is 0.357. The molecule has 0 amide bonds. The molecular formula is C14H16N4O. The van der Waals surface area contributed by atoms with Crippen LogP contribution in [0.4, 0.5) is 0 Å². The van der Waals surface area contributed by atoms with E-state index < -0.39 is 0 Å². The topological polar surface area (TPSA) is 59.8 Å². The Morgan fingerprint density at radius 1 is 1.47 bits per heavy atom. The lowest BCUT2D eigenvalue weighted by Crippen LogP contribution is -2.33. The van der Waals surface area contributed by atoms with Crippen molar-refractivity contribution in [3.63, 3.8) is 0 Å². The van der Waals surface area contributed by atoms with Gasteiger partial charge in [0.25, 0.3) is 0 Å². The summed E-state index contributed by atoms with van der Waals surface area (Å²) in [4.78, 5) is 16.6. The summed E-state index contributed by atoms with van der Waals surface area (Å²) in [5, 5.41) is 7.30. The summed E-state index contributed by atoms with van der Waals surface area (Å²) >= 11 is 0. The molecule has 0 aliphatic carbocycles. The summed E-state index contributed by atoms with van der Waals surface area (Å²) in [7, 11) is 1.81. The number of aromatic nitrogens is 3. The van der Waals surface area contributed by atoms with Crippen molar-refractivity contribution in [1.29, 1.82) is 0 Å². The molecule has 5 nitrogen and oxygen atoms in total. The van der Waals surface area contributed by atoms with Crippen LogP contribution < -0.4 is 5.32 Å². The van der Waals surface area contributed by atoms with Crippen molar-refractivity contribution >= 4 is 5.78 Å². The van der Waals surface area contributed by atoms with Crippen molar-refractivity contribution in [2.24, 2.45) is 7.05 Å². The molecule has 3 rings (SSSR count). The zero-order valence-electron chi connectivity index (χ0n) is 10.8. The standard InChI is InChI=1S/C14H16N4O/c1-18-14(16-9-17-18)6-13(19)12-8-15-7-10-4-2-3-5-11(10)12/h2-5,9,12,15H,6-8H2,1H3. The van der Waals surface area contributed by atoms with Crippen LogP contribution in [0.5, 0.6) is 0 Å². The van der Waals surface area contributed by atoms with Gasteiger partial charge >= 0.3 is 0 Å². The molecule has 1 aliphatic rings. The minimum absolute atomic E-state index is 0.0818. The van der Waals surface area contributed by atoms with Gasteiger partial charge in [-0.2, -0.15) is 5.10 Å². The first-order valence-electron chi connectivity index (χ1n) is 6.40. The Hall–Kier alpha value is -2.01. The van der Waals surface area contributed by atoms with Crippen LogP contribution in [0.15, 0.2) is 30.6 Å². The van der Waals surface area contributed by atoms with Gasteiger partial charge in [0.15, 0.2) is 0 Å². The van der Waals surface area contributed by atoms with Gasteiger partial charge in [-0.3, -0.25) is 9.48 Å². The highest BCUT2D eigenvalue weighted by molar-refractivity contribution is 5.88. The van der Waals surface area contributed by atoms with Crippen LogP contribution in [0.3, 0.4) is 0 Å². The van der Waals surface area contributed by atoms with Gasteiger partial charge in [0.05, 0.1) is 12.3 Å². The zero-order valence-corrected chi connectivity index (χ0v) is 10.8. The maximum absolute atomic E-state index is 12.5. The molecule has 1 N–H and O–H groups in total. The zero-order chi connectivity index (χ0) is 13.2. The Kier molecular flexibility index (Phi) is 3.13. The molecular weight excluding hydrogens is 240 g/mol. The minimum Gasteiger partial charge on any atom is -0.312 e. The number of aryl methyl sites for hydroxylation is 1. The molecule has 0 saturated carbocycles. The number of fused-ring (bicyclic) bond motifs is 1. The third-order valence-electron chi connectivity index (χ3n) is 3.62. The van der Waals surface area contributed by atoms with Gasteiger partial charge in [-0.05, 0) is 11.1 Å². The summed E-state index contributed by atoms with van der Waals surface area (Å²) < 4.78 is 1.65. The van der Waals surface area contributed by atoms with Crippen molar-refractivity contribution < 1.29 is 4.79 Å². The van der Waals surface area contributed by atoms with Crippen LogP contribution in [0.1, 0.15) is 22.9 Å². The average molecular weight is 256 g/mol. The highest BCUT2D eigenvalue weighted by atomic mass is 16.1. The molecule has 0 fully saturated rings. The molecule has 5 heteroatoms. The minimum atomic E-state index is -0.0818. The highest BCUT2D eigenvalue weighted by Crippen LogP contribution is 2.25. The van der Waals surface area contributed by atoms with Gasteiger partial charge in [-0.15, -0.1) is 0 Å². The second-order valence-electron chi connectivity index (χ2n) is 4.83. The van der Waals surface area contributed by atoms with Crippen molar-refractivity contribution in [2.75, 3.05) is 6.54 Å². The normalized spacial score (nSPS) is 18.1. The molecule has 0 bridgehead atoms. The van der Waals surface area contributed by atoms with E-state index in [0.717, 1.165) is 12.1 Å². The number of carbonyl (C=O) groups excluding carboxylic acids is 1. The fourth-order valence-corrected chi connectivity index (χ4v) is 2.54. The van der Waals surface area contributed by atoms with E-state index in [2.05, 4.69) is 27.5 Å². The molecule has 19 heavy (non-hydrogen) atoms. The number of benzene rings is 1. The first-order valence-corrected chi connectivity index (χ1v) is 6.40. The largest absolute Gasteiger partial charge is 0.312 e. The molecule has 1 atom stereocenters. The Bertz CT molecular complexity index is 605. The molecule has 98 valence electrons. The third-order valence-corrected chi connectivity index (χ3v) is 3.62. The van der Waals surface area contributed by atoms with Gasteiger partial charge in [0.1, 0.15) is 17.9 Å². The molecule has 2 heterocycles. The Balaban J connectivity index is 1.84. The predicted octanol–water partition coefficient (Wildman–Crippen LogP) is 0.814. The van der Waals surface area contributed by atoms with Gasteiger partial charge in [-0.1, -0.05) is 24.3 Å². The number of nitrogens with zero attached hydrogens (tertiary/aromatic N) is 3. The second kappa shape index (κ2) is 4.93. The van der Waals surface area contributed by atoms with E-state index in [-0.39, 0.29) is 11.7 Å². The number of carbonyl (C=O) groups is 1. The summed E-state index contributed by atoms with van der Waals surface area (Å²) in [6.45, 7) is 1.54. The first-order chi connectivity index (χ1) is 9.25. The van der Waals surface area contributed by atoms with E-state index in [1.807, 2.05) is 19.2 Å². The average Bonchev–Trinajstić information content (AvgIpc) is 2.83. The molecule has 0 spiro atoms. The lowest BCUT2D eigenvalue weighted by atomic mass is 9.86. The highest BCUT2D eigenvalue weighted by Gasteiger charge is 2.26. The quantitative estimate of drug-likeness (QED) is 0.883. The molecule has 1 aromatic carbocycles. The van der Waals surface area contributed by atoms with Crippen molar-refractivity contribution in [3.05, 3.63) is 47.5 Å². The maximum atomic E-state index is 12.5. The molecule has 0 saturated heterocycles. The third kappa shape index (κ3) is 2.29. The van der Waals surface area contributed by atoms with Gasteiger partial charge < -0.3 is 5.32 Å². The number of rotatable bonds is 3. The van der Waals surface area contributed by atoms with Crippen molar-refractivity contribution in [3.8, 4) is 0 Å². The van der Waals surface area contributed by atoms with Crippen LogP contribution in [0.2, 0.25) is 0 Å². The van der Waals surface area contributed by atoms with Gasteiger partial charge in [0.2, 0.25) is 0 Å². The molecule has 2 aromatic rings. The number of ketones is 1. The van der Waals surface area contributed by atoms with Crippen LogP contribution >= 0.6 is 0 Å². The van der Waals surface area contributed by atoms with E-state index >= 15 is 0 Å². The Morgan fingerprint density at radius 3 is 3.11 bits per heavy atom. The molecule has 1 unspecified atom stereocenters. The first kappa shape index (κ1) is 12.0. The smallest absolute Gasteiger partial charge is 0.149 e. The summed E-state index contributed by atoms with van der Waals surface area (Å²) in [5.41, 5.74) is 2.36. The van der Waals surface area contributed by atoms with Crippen molar-refractivity contribution in [1.82, 2.24) is 20.1 Å². The number of nitrogens with one attached hydrogen (secondary N) is 1. The maximum Gasteiger partial charge on any atom is 0.149 e. The molecule has 1 aromatic heterocycles. The van der Waals surface area contributed by atoms with E-state index in [1.165, 1.54) is 11.9 Å². The summed E-state index contributed by atoms with van der Waals surface area (Å²) in [6.07, 6.45) is 1.81. The van der Waals surface area contributed by atoms with Gasteiger partial charge in [-0.25, -0.2) is 4.98 Å². The molecule has 1 aliphatic heterocycles. The Labute approximate surface area is 111 Å². The van der Waals surface area contributed by atoms with E-state index in [1.54, 1.807) is 4.68 Å². The SMILES string of the molecule is Cn1ncnc1CC(=O)C1CNCc2ccccc21. The van der Waals surface area contributed by atoms with E-state index in [4.69, 9.17) is 0 Å². The monoisotopic (exact) mass is 256 g/mol. The number of hydrogen-bond acceptors (Lipinski definition) is 4. The fourth-order valence-electron chi connectivity index (χ4n) is 2.54. The number of Topliss-reactive ketones (excluding diaryl/α,β-unsaturated/α-hetero) is 1. The van der Waals surface area contributed by atoms with Crippen LogP contribution in [0.25, 0.3) is 0 Å². The number of hydrogen-bond donors (Lipinski definition) is 1. The van der Waals surface area contributed by atoms with E-state index in [9.17, 15) is 4.79 Å². The van der Waals surface area contributed by atoms with Crippen LogP contribution in [-0.4, -0.2) is 27.1 Å². The summed E-state index contributed by atoms with van der Waals surface area (Å²) in [6, 6.07) is 8.13. The van der Waals surface area contributed by atoms with Crippen LogP contribution in [-0.2, 0) is 24.8 Å². The van der Waals surface area contributed by atoms with Crippen molar-refractivity contribution in [2.45, 2.75) is 18.9 Å². The summed E-state index contributed by atoms with van der Waals surface area (Å²) in [5.74, 6) is 0.824. The predicted molar refractivity (Wildman–Crippen MR) is 70.6 cm³/mol.